The van der Waals surface area contributed by atoms with Gasteiger partial charge in [-0.25, -0.2) is 8.42 Å². The van der Waals surface area contributed by atoms with Crippen LogP contribution in [0.1, 0.15) is 21.9 Å². The molecule has 0 saturated carbocycles. The van der Waals surface area contributed by atoms with Crippen LogP contribution in [0.5, 0.6) is 5.75 Å². The number of sulfone groups is 1. The molecule has 0 atom stereocenters. The van der Waals surface area contributed by atoms with Crippen LogP contribution in [0.15, 0.2) is 32.0 Å². The molecule has 0 radical (unpaired) electrons. The fraction of sp³-hybridized carbons (Fsp3) is 0.267. The summed E-state index contributed by atoms with van der Waals surface area (Å²) < 4.78 is 72.0. The standard InChI is InChI=1S/C15H13BrF3NO5S/c1-7-12(13(16)8(2)25-7)14(21)20-10-6-9(4-5-11(10)24-3)26(22,23)15(17,18)19/h4-6H,1-3H3,(H,20,21). The molecule has 2 rings (SSSR count). The largest absolute Gasteiger partial charge is 0.501 e. The maximum absolute atomic E-state index is 12.7. The molecule has 1 N–H and O–H groups in total. The Morgan fingerprint density at radius 1 is 1.23 bits per heavy atom. The highest BCUT2D eigenvalue weighted by Crippen LogP contribution is 2.35. The minimum atomic E-state index is -5.57. The molecule has 0 aliphatic carbocycles. The van der Waals surface area contributed by atoms with E-state index in [1.165, 1.54) is 14.0 Å². The van der Waals surface area contributed by atoms with E-state index in [1.54, 1.807) is 6.92 Å². The van der Waals surface area contributed by atoms with Gasteiger partial charge in [0, 0.05) is 0 Å². The summed E-state index contributed by atoms with van der Waals surface area (Å²) in [5.74, 6) is 0.0115. The van der Waals surface area contributed by atoms with Crippen molar-refractivity contribution in [1.29, 1.82) is 0 Å². The number of ether oxygens (including phenoxy) is 1. The van der Waals surface area contributed by atoms with Crippen molar-refractivity contribution in [3.05, 3.63) is 39.8 Å². The van der Waals surface area contributed by atoms with E-state index in [0.29, 0.717) is 16.3 Å². The number of hydrogen-bond acceptors (Lipinski definition) is 5. The van der Waals surface area contributed by atoms with Crippen LogP contribution in [0.25, 0.3) is 0 Å². The van der Waals surface area contributed by atoms with Crippen LogP contribution in [0.2, 0.25) is 0 Å². The summed E-state index contributed by atoms with van der Waals surface area (Å²) in [5, 5.41) is 2.35. The number of benzene rings is 1. The quantitative estimate of drug-likeness (QED) is 0.745. The number of hydrogen-bond donors (Lipinski definition) is 1. The van der Waals surface area contributed by atoms with E-state index in [0.717, 1.165) is 12.1 Å². The van der Waals surface area contributed by atoms with E-state index >= 15 is 0 Å². The summed E-state index contributed by atoms with van der Waals surface area (Å²) >= 11 is 3.19. The second-order valence-corrected chi connectivity index (χ2v) is 7.90. The lowest BCUT2D eigenvalue weighted by Crippen LogP contribution is -2.23. The highest BCUT2D eigenvalue weighted by molar-refractivity contribution is 9.10. The van der Waals surface area contributed by atoms with E-state index < -0.39 is 26.1 Å². The average Bonchev–Trinajstić information content (AvgIpc) is 2.78. The van der Waals surface area contributed by atoms with Gasteiger partial charge in [0.15, 0.2) is 0 Å². The van der Waals surface area contributed by atoms with Gasteiger partial charge in [-0.05, 0) is 48.0 Å². The topological polar surface area (TPSA) is 85.6 Å². The van der Waals surface area contributed by atoms with Crippen LogP contribution in [0, 0.1) is 13.8 Å². The SMILES string of the molecule is COc1ccc(S(=O)(=O)C(F)(F)F)cc1NC(=O)c1c(C)oc(C)c1Br. The van der Waals surface area contributed by atoms with Gasteiger partial charge in [0.05, 0.1) is 27.7 Å². The Balaban J connectivity index is 2.49. The van der Waals surface area contributed by atoms with Crippen molar-refractivity contribution in [2.24, 2.45) is 0 Å². The van der Waals surface area contributed by atoms with Crippen molar-refractivity contribution in [1.82, 2.24) is 0 Å². The smallest absolute Gasteiger partial charge is 0.495 e. The Morgan fingerprint density at radius 2 is 1.85 bits per heavy atom. The van der Waals surface area contributed by atoms with E-state index in [2.05, 4.69) is 21.2 Å². The van der Waals surface area contributed by atoms with Gasteiger partial charge in [0.25, 0.3) is 15.7 Å². The molecule has 0 bridgehead atoms. The van der Waals surface area contributed by atoms with Gasteiger partial charge in [0.1, 0.15) is 17.3 Å². The van der Waals surface area contributed by atoms with Gasteiger partial charge in [-0.3, -0.25) is 4.79 Å². The number of methoxy groups -OCH3 is 1. The molecule has 0 spiro atoms. The van der Waals surface area contributed by atoms with E-state index in [4.69, 9.17) is 9.15 Å². The number of rotatable bonds is 4. The van der Waals surface area contributed by atoms with Crippen molar-refractivity contribution in [2.75, 3.05) is 12.4 Å². The molecule has 1 amide bonds. The first-order valence-corrected chi connectivity index (χ1v) is 9.24. The summed E-state index contributed by atoms with van der Waals surface area (Å²) in [5.41, 5.74) is -5.56. The third kappa shape index (κ3) is 3.58. The zero-order chi connectivity index (χ0) is 19.9. The van der Waals surface area contributed by atoms with Gasteiger partial charge in [-0.1, -0.05) is 0 Å². The summed E-state index contributed by atoms with van der Waals surface area (Å²) in [4.78, 5) is 11.5. The fourth-order valence-electron chi connectivity index (χ4n) is 2.19. The lowest BCUT2D eigenvalue weighted by molar-refractivity contribution is -0.0436. The molecular weight excluding hydrogens is 443 g/mol. The van der Waals surface area contributed by atoms with Gasteiger partial charge >= 0.3 is 5.51 Å². The Labute approximate surface area is 155 Å². The second-order valence-electron chi connectivity index (χ2n) is 5.17. The van der Waals surface area contributed by atoms with Crippen LogP contribution in [-0.4, -0.2) is 26.9 Å². The minimum absolute atomic E-state index is 0.00605. The lowest BCUT2D eigenvalue weighted by atomic mass is 10.2. The molecule has 0 fully saturated rings. The number of carbonyl (C=O) groups excluding carboxylic acids is 1. The van der Waals surface area contributed by atoms with E-state index in [1.807, 2.05) is 0 Å². The molecule has 0 saturated heterocycles. The molecule has 1 aromatic heterocycles. The van der Waals surface area contributed by atoms with Gasteiger partial charge in [-0.2, -0.15) is 13.2 Å². The van der Waals surface area contributed by atoms with Crippen LogP contribution in [0.4, 0.5) is 18.9 Å². The van der Waals surface area contributed by atoms with Crippen molar-refractivity contribution >= 4 is 37.4 Å². The van der Waals surface area contributed by atoms with Gasteiger partial charge in [-0.15, -0.1) is 0 Å². The fourth-order valence-corrected chi connectivity index (χ4v) is 3.51. The van der Waals surface area contributed by atoms with Crippen molar-refractivity contribution in [3.8, 4) is 5.75 Å². The monoisotopic (exact) mass is 455 g/mol. The normalized spacial score (nSPS) is 12.1. The minimum Gasteiger partial charge on any atom is -0.495 e. The number of carbonyl (C=O) groups is 1. The van der Waals surface area contributed by atoms with Crippen LogP contribution in [0.3, 0.4) is 0 Å². The average molecular weight is 456 g/mol. The van der Waals surface area contributed by atoms with Crippen LogP contribution in [-0.2, 0) is 9.84 Å². The zero-order valence-electron chi connectivity index (χ0n) is 13.7. The van der Waals surface area contributed by atoms with Crippen molar-refractivity contribution in [2.45, 2.75) is 24.3 Å². The molecule has 6 nitrogen and oxygen atoms in total. The summed E-state index contributed by atoms with van der Waals surface area (Å²) in [6.45, 7) is 3.15. The molecule has 142 valence electrons. The Morgan fingerprint density at radius 3 is 2.31 bits per heavy atom. The lowest BCUT2D eigenvalue weighted by Gasteiger charge is -2.13. The predicted octanol–water partition coefficient (Wildman–Crippen LogP) is 4.21. The third-order valence-electron chi connectivity index (χ3n) is 3.45. The molecule has 26 heavy (non-hydrogen) atoms. The maximum Gasteiger partial charge on any atom is 0.501 e. The Bertz CT molecular complexity index is 966. The summed E-state index contributed by atoms with van der Waals surface area (Å²) in [6, 6.07) is 2.47. The first kappa shape index (κ1) is 20.3. The molecule has 2 aromatic rings. The zero-order valence-corrected chi connectivity index (χ0v) is 16.1. The molecule has 0 aliphatic rings. The molecule has 0 aliphatic heterocycles. The molecule has 1 aromatic carbocycles. The summed E-state index contributed by atoms with van der Waals surface area (Å²) in [7, 11) is -4.34. The number of anilines is 1. The highest BCUT2D eigenvalue weighted by atomic mass is 79.9. The summed E-state index contributed by atoms with van der Waals surface area (Å²) in [6.07, 6.45) is 0. The number of nitrogens with one attached hydrogen (secondary N) is 1. The molecular formula is C15H13BrF3NO5S. The number of furan rings is 1. The first-order valence-electron chi connectivity index (χ1n) is 6.96. The number of amides is 1. The Kier molecular flexibility index (Phi) is 5.43. The Hall–Kier alpha value is -2.01. The predicted molar refractivity (Wildman–Crippen MR) is 90.1 cm³/mol. The maximum atomic E-state index is 12.7. The van der Waals surface area contributed by atoms with Crippen molar-refractivity contribution in [3.63, 3.8) is 0 Å². The van der Waals surface area contributed by atoms with Gasteiger partial charge < -0.3 is 14.5 Å². The number of halogens is 4. The van der Waals surface area contributed by atoms with Crippen LogP contribution >= 0.6 is 15.9 Å². The van der Waals surface area contributed by atoms with Crippen LogP contribution < -0.4 is 10.1 Å². The molecule has 1 heterocycles. The van der Waals surface area contributed by atoms with Crippen molar-refractivity contribution < 1.29 is 35.5 Å². The van der Waals surface area contributed by atoms with E-state index in [9.17, 15) is 26.4 Å². The van der Waals surface area contributed by atoms with Gasteiger partial charge in [0.2, 0.25) is 0 Å². The number of alkyl halides is 3. The molecule has 11 heteroatoms. The highest BCUT2D eigenvalue weighted by Gasteiger charge is 2.47. The third-order valence-corrected chi connectivity index (χ3v) is 5.89. The number of aryl methyl sites for hydroxylation is 2. The van der Waals surface area contributed by atoms with E-state index in [-0.39, 0.29) is 22.8 Å². The molecule has 0 unspecified atom stereocenters. The second kappa shape index (κ2) is 6.95. The first-order chi connectivity index (χ1) is 11.9.